The zero-order valence-electron chi connectivity index (χ0n) is 11.6. The number of amides is 1. The first-order chi connectivity index (χ1) is 9.15. The summed E-state index contributed by atoms with van der Waals surface area (Å²) in [7, 11) is 0. The molecule has 2 N–H and O–H groups in total. The summed E-state index contributed by atoms with van der Waals surface area (Å²) >= 11 is 0. The Morgan fingerprint density at radius 2 is 1.95 bits per heavy atom. The minimum absolute atomic E-state index is 0.0432. The largest absolute Gasteiger partial charge is 0.393 e. The molecule has 1 aromatic rings. The van der Waals surface area contributed by atoms with Gasteiger partial charge < -0.3 is 10.4 Å². The van der Waals surface area contributed by atoms with Crippen molar-refractivity contribution in [2.24, 2.45) is 5.92 Å². The number of aliphatic hydroxyl groups is 1. The highest BCUT2D eigenvalue weighted by atomic mass is 16.3. The van der Waals surface area contributed by atoms with E-state index in [1.54, 1.807) is 0 Å². The van der Waals surface area contributed by atoms with Crippen molar-refractivity contribution in [1.82, 2.24) is 5.32 Å². The van der Waals surface area contributed by atoms with Crippen molar-refractivity contribution in [3.8, 4) is 0 Å². The molecule has 2 unspecified atom stereocenters. The molecule has 104 valence electrons. The predicted molar refractivity (Wildman–Crippen MR) is 75.9 cm³/mol. The summed E-state index contributed by atoms with van der Waals surface area (Å²) < 4.78 is 0. The van der Waals surface area contributed by atoms with Gasteiger partial charge in [0.1, 0.15) is 0 Å². The molecular weight excluding hydrogens is 238 g/mol. The van der Waals surface area contributed by atoms with E-state index in [1.807, 2.05) is 31.2 Å². The summed E-state index contributed by atoms with van der Waals surface area (Å²) in [6.45, 7) is 2.64. The van der Waals surface area contributed by atoms with Crippen molar-refractivity contribution < 1.29 is 9.90 Å². The highest BCUT2D eigenvalue weighted by molar-refractivity contribution is 5.78. The molecule has 1 fully saturated rings. The number of aryl methyl sites for hydroxylation is 1. The number of carbonyl (C=O) groups is 1. The summed E-state index contributed by atoms with van der Waals surface area (Å²) in [5.41, 5.74) is 2.24. The summed E-state index contributed by atoms with van der Waals surface area (Å²) in [5, 5.41) is 12.8. The first-order valence-corrected chi connectivity index (χ1v) is 7.15. The van der Waals surface area contributed by atoms with Crippen molar-refractivity contribution in [2.75, 3.05) is 6.54 Å². The quantitative estimate of drug-likeness (QED) is 0.873. The van der Waals surface area contributed by atoms with Gasteiger partial charge >= 0.3 is 0 Å². The van der Waals surface area contributed by atoms with Crippen LogP contribution in [0.1, 0.15) is 36.8 Å². The van der Waals surface area contributed by atoms with Crippen LogP contribution in [0, 0.1) is 12.8 Å². The van der Waals surface area contributed by atoms with Crippen LogP contribution < -0.4 is 5.32 Å². The van der Waals surface area contributed by atoms with Gasteiger partial charge in [-0.3, -0.25) is 4.79 Å². The van der Waals surface area contributed by atoms with Crippen molar-refractivity contribution in [1.29, 1.82) is 0 Å². The zero-order valence-corrected chi connectivity index (χ0v) is 11.6. The number of carbonyl (C=O) groups excluding carboxylic acids is 1. The molecule has 0 heterocycles. The zero-order chi connectivity index (χ0) is 13.7. The van der Waals surface area contributed by atoms with Crippen LogP contribution in [0.25, 0.3) is 0 Å². The van der Waals surface area contributed by atoms with Crippen molar-refractivity contribution in [3.05, 3.63) is 35.4 Å². The van der Waals surface area contributed by atoms with E-state index in [-0.39, 0.29) is 17.9 Å². The summed E-state index contributed by atoms with van der Waals surface area (Å²) in [4.78, 5) is 11.9. The van der Waals surface area contributed by atoms with E-state index in [2.05, 4.69) is 5.32 Å². The monoisotopic (exact) mass is 261 g/mol. The van der Waals surface area contributed by atoms with Gasteiger partial charge in [-0.1, -0.05) is 42.7 Å². The van der Waals surface area contributed by atoms with Gasteiger partial charge in [0.2, 0.25) is 5.91 Å². The third-order valence-electron chi connectivity index (χ3n) is 3.92. The normalized spacial score (nSPS) is 23.1. The lowest BCUT2D eigenvalue weighted by Crippen LogP contribution is -2.37. The molecule has 2 rings (SSSR count). The van der Waals surface area contributed by atoms with E-state index >= 15 is 0 Å². The summed E-state index contributed by atoms with van der Waals surface area (Å²) in [5.74, 6) is 0.275. The first-order valence-electron chi connectivity index (χ1n) is 7.15. The molecule has 0 aromatic heterocycles. The van der Waals surface area contributed by atoms with Gasteiger partial charge in [-0.2, -0.15) is 0 Å². The highest BCUT2D eigenvalue weighted by Crippen LogP contribution is 2.23. The van der Waals surface area contributed by atoms with Crippen LogP contribution in [0.2, 0.25) is 0 Å². The maximum atomic E-state index is 11.9. The minimum Gasteiger partial charge on any atom is -0.393 e. The van der Waals surface area contributed by atoms with E-state index in [0.717, 1.165) is 31.2 Å². The number of hydrogen-bond acceptors (Lipinski definition) is 2. The highest BCUT2D eigenvalue weighted by Gasteiger charge is 2.23. The van der Waals surface area contributed by atoms with E-state index < -0.39 is 0 Å². The lowest BCUT2D eigenvalue weighted by atomic mass is 9.86. The predicted octanol–water partition coefficient (Wildman–Crippen LogP) is 2.20. The van der Waals surface area contributed by atoms with Gasteiger partial charge in [-0.15, -0.1) is 0 Å². The summed E-state index contributed by atoms with van der Waals surface area (Å²) in [6, 6.07) is 8.02. The molecule has 19 heavy (non-hydrogen) atoms. The Morgan fingerprint density at radius 3 is 2.63 bits per heavy atom. The number of hydrogen-bond donors (Lipinski definition) is 2. The molecule has 1 amide bonds. The molecular formula is C16H23NO2. The number of rotatable bonds is 4. The second-order valence-corrected chi connectivity index (χ2v) is 5.58. The maximum Gasteiger partial charge on any atom is 0.224 e. The minimum atomic E-state index is -0.242. The number of nitrogens with one attached hydrogen (secondary N) is 1. The van der Waals surface area contributed by atoms with Crippen LogP contribution in [0.15, 0.2) is 24.3 Å². The molecule has 3 heteroatoms. The van der Waals surface area contributed by atoms with Gasteiger partial charge in [0.05, 0.1) is 12.5 Å². The third-order valence-corrected chi connectivity index (χ3v) is 3.92. The van der Waals surface area contributed by atoms with Gasteiger partial charge in [0.25, 0.3) is 0 Å². The molecule has 1 aromatic carbocycles. The van der Waals surface area contributed by atoms with Gasteiger partial charge in [-0.25, -0.2) is 0 Å². The molecule has 2 atom stereocenters. The van der Waals surface area contributed by atoms with Crippen LogP contribution in [-0.4, -0.2) is 23.7 Å². The molecule has 0 spiro atoms. The van der Waals surface area contributed by atoms with Crippen LogP contribution in [0.5, 0.6) is 0 Å². The fourth-order valence-corrected chi connectivity index (χ4v) is 2.62. The number of benzene rings is 1. The van der Waals surface area contributed by atoms with Gasteiger partial charge in [-0.05, 0) is 25.3 Å². The van der Waals surface area contributed by atoms with Crippen LogP contribution in [-0.2, 0) is 11.2 Å². The molecule has 1 aliphatic rings. The lowest BCUT2D eigenvalue weighted by molar-refractivity contribution is -0.120. The SMILES string of the molecule is Cc1ccc(CC(=O)NCC2CCCCC2O)cc1. The van der Waals surface area contributed by atoms with Crippen molar-refractivity contribution in [3.63, 3.8) is 0 Å². The van der Waals surface area contributed by atoms with E-state index in [1.165, 1.54) is 5.56 Å². The van der Waals surface area contributed by atoms with E-state index in [0.29, 0.717) is 13.0 Å². The standard InChI is InChI=1S/C16H23NO2/c1-12-6-8-13(9-7-12)10-16(19)17-11-14-4-2-3-5-15(14)18/h6-9,14-15,18H,2-5,10-11H2,1H3,(H,17,19). The van der Waals surface area contributed by atoms with Crippen LogP contribution >= 0.6 is 0 Å². The molecule has 0 saturated heterocycles. The molecule has 1 aliphatic carbocycles. The Kier molecular flexibility index (Phi) is 4.97. The summed E-state index contributed by atoms with van der Waals surface area (Å²) in [6.07, 6.45) is 4.34. The fourth-order valence-electron chi connectivity index (χ4n) is 2.62. The Balaban J connectivity index is 1.76. The first kappa shape index (κ1) is 14.1. The van der Waals surface area contributed by atoms with Crippen molar-refractivity contribution >= 4 is 5.91 Å². The van der Waals surface area contributed by atoms with Gasteiger partial charge in [0, 0.05) is 12.5 Å². The average molecular weight is 261 g/mol. The smallest absolute Gasteiger partial charge is 0.224 e. The van der Waals surface area contributed by atoms with Gasteiger partial charge in [0.15, 0.2) is 0 Å². The third kappa shape index (κ3) is 4.35. The topological polar surface area (TPSA) is 49.3 Å². The molecule has 0 radical (unpaired) electrons. The molecule has 0 bridgehead atoms. The van der Waals surface area contributed by atoms with E-state index in [9.17, 15) is 9.90 Å². The molecule has 0 aliphatic heterocycles. The lowest BCUT2D eigenvalue weighted by Gasteiger charge is -2.27. The van der Waals surface area contributed by atoms with Crippen LogP contribution in [0.3, 0.4) is 0 Å². The Morgan fingerprint density at radius 1 is 1.26 bits per heavy atom. The molecule has 1 saturated carbocycles. The second kappa shape index (κ2) is 6.71. The second-order valence-electron chi connectivity index (χ2n) is 5.58. The van der Waals surface area contributed by atoms with Crippen molar-refractivity contribution in [2.45, 2.75) is 45.1 Å². The van der Waals surface area contributed by atoms with E-state index in [4.69, 9.17) is 0 Å². The average Bonchev–Trinajstić information content (AvgIpc) is 2.40. The fraction of sp³-hybridized carbons (Fsp3) is 0.562. The molecule has 3 nitrogen and oxygen atoms in total. The van der Waals surface area contributed by atoms with Crippen LogP contribution in [0.4, 0.5) is 0 Å². The Labute approximate surface area is 115 Å². The Bertz CT molecular complexity index is 413. The maximum absolute atomic E-state index is 11.9. The number of aliphatic hydroxyl groups excluding tert-OH is 1. The Hall–Kier alpha value is -1.35.